The molecule has 21 heavy (non-hydrogen) atoms. The Hall–Kier alpha value is -1.82. The molecular weight excluding hydrogens is 252 g/mol. The van der Waals surface area contributed by atoms with Gasteiger partial charge in [0, 0.05) is 0 Å². The Morgan fingerprint density at radius 3 is 1.90 bits per heavy atom. The summed E-state index contributed by atoms with van der Waals surface area (Å²) in [5, 5.41) is 0. The van der Waals surface area contributed by atoms with E-state index < -0.39 is 0 Å². The number of aryl methyl sites for hydroxylation is 1. The van der Waals surface area contributed by atoms with Crippen molar-refractivity contribution in [1.82, 2.24) is 0 Å². The second-order valence-electron chi connectivity index (χ2n) is 5.87. The molecule has 0 nitrogen and oxygen atoms in total. The van der Waals surface area contributed by atoms with Crippen LogP contribution < -0.4 is 0 Å². The van der Waals surface area contributed by atoms with Crippen LogP contribution in [0.2, 0.25) is 0 Å². The number of unbranched alkanes of at least 4 members (excludes halogenated alkanes) is 3. The van der Waals surface area contributed by atoms with Crippen LogP contribution in [-0.2, 0) is 6.42 Å². The summed E-state index contributed by atoms with van der Waals surface area (Å²) in [6.07, 6.45) is 6.52. The van der Waals surface area contributed by atoms with E-state index in [9.17, 15) is 0 Å². The quantitative estimate of drug-likeness (QED) is 0.506. The summed E-state index contributed by atoms with van der Waals surface area (Å²) in [5.74, 6) is 0. The van der Waals surface area contributed by atoms with Crippen LogP contribution in [-0.4, -0.2) is 0 Å². The zero-order valence-corrected chi connectivity index (χ0v) is 13.4. The standard InChI is InChI=1S/C21H26/c1-4-5-6-7-8-18-9-11-20(12-10-18)21-15-13-19(14-16-21)17(2)3/h9-16H,2,4-8H2,1,3H3. The maximum atomic E-state index is 3.98. The molecule has 0 saturated carbocycles. The molecule has 0 aliphatic carbocycles. The van der Waals surface area contributed by atoms with E-state index in [1.165, 1.54) is 54.4 Å². The molecule has 0 spiro atoms. The van der Waals surface area contributed by atoms with Crippen molar-refractivity contribution >= 4 is 5.57 Å². The van der Waals surface area contributed by atoms with Gasteiger partial charge in [0.05, 0.1) is 0 Å². The van der Waals surface area contributed by atoms with E-state index in [0.29, 0.717) is 0 Å². The first-order valence-electron chi connectivity index (χ1n) is 8.06. The maximum absolute atomic E-state index is 3.98. The van der Waals surface area contributed by atoms with Crippen molar-refractivity contribution in [2.24, 2.45) is 0 Å². The summed E-state index contributed by atoms with van der Waals surface area (Å²) in [6.45, 7) is 8.28. The van der Waals surface area contributed by atoms with Gasteiger partial charge in [0.1, 0.15) is 0 Å². The van der Waals surface area contributed by atoms with Crippen LogP contribution in [0.15, 0.2) is 55.1 Å². The minimum Gasteiger partial charge on any atom is -0.0955 e. The number of rotatable bonds is 7. The summed E-state index contributed by atoms with van der Waals surface area (Å²) in [6, 6.07) is 17.7. The highest BCUT2D eigenvalue weighted by Crippen LogP contribution is 2.22. The van der Waals surface area contributed by atoms with Crippen molar-refractivity contribution in [1.29, 1.82) is 0 Å². The fourth-order valence-electron chi connectivity index (χ4n) is 2.57. The predicted octanol–water partition coefficient (Wildman–Crippen LogP) is 6.51. The molecule has 0 aliphatic rings. The van der Waals surface area contributed by atoms with Crippen LogP contribution in [0.4, 0.5) is 0 Å². The van der Waals surface area contributed by atoms with Crippen molar-refractivity contribution in [3.05, 3.63) is 66.2 Å². The van der Waals surface area contributed by atoms with Crippen LogP contribution >= 0.6 is 0 Å². The Bertz CT molecular complexity index is 558. The maximum Gasteiger partial charge on any atom is -0.0184 e. The zero-order chi connectivity index (χ0) is 15.1. The van der Waals surface area contributed by atoms with Gasteiger partial charge in [-0.25, -0.2) is 0 Å². The summed E-state index contributed by atoms with van der Waals surface area (Å²) < 4.78 is 0. The molecule has 110 valence electrons. The first-order chi connectivity index (χ1) is 10.2. The van der Waals surface area contributed by atoms with Crippen LogP contribution in [0.1, 0.15) is 50.7 Å². The van der Waals surface area contributed by atoms with Gasteiger partial charge in [-0.05, 0) is 42.0 Å². The third kappa shape index (κ3) is 4.60. The van der Waals surface area contributed by atoms with Crippen LogP contribution in [0.25, 0.3) is 16.7 Å². The highest BCUT2D eigenvalue weighted by atomic mass is 14.0. The Morgan fingerprint density at radius 2 is 1.38 bits per heavy atom. The van der Waals surface area contributed by atoms with Gasteiger partial charge < -0.3 is 0 Å². The molecule has 0 N–H and O–H groups in total. The van der Waals surface area contributed by atoms with Crippen molar-refractivity contribution in [3.63, 3.8) is 0 Å². The zero-order valence-electron chi connectivity index (χ0n) is 13.4. The monoisotopic (exact) mass is 278 g/mol. The highest BCUT2D eigenvalue weighted by molar-refractivity contribution is 5.68. The largest absolute Gasteiger partial charge is 0.0955 e. The Morgan fingerprint density at radius 1 is 0.810 bits per heavy atom. The van der Waals surface area contributed by atoms with Crippen LogP contribution in [0.5, 0.6) is 0 Å². The third-order valence-corrected chi connectivity index (χ3v) is 3.98. The number of benzene rings is 2. The molecule has 0 fully saturated rings. The third-order valence-electron chi connectivity index (χ3n) is 3.98. The summed E-state index contributed by atoms with van der Waals surface area (Å²) in [7, 11) is 0. The molecule has 0 atom stereocenters. The minimum atomic E-state index is 1.11. The first kappa shape index (κ1) is 15.6. The molecule has 2 rings (SSSR count). The highest BCUT2D eigenvalue weighted by Gasteiger charge is 2.00. The molecular formula is C21H26. The number of hydrogen-bond donors (Lipinski definition) is 0. The lowest BCUT2D eigenvalue weighted by Gasteiger charge is -2.06. The first-order valence-corrected chi connectivity index (χ1v) is 8.06. The molecule has 2 aromatic rings. The van der Waals surface area contributed by atoms with Crippen molar-refractivity contribution in [2.45, 2.75) is 46.0 Å². The molecule has 0 amide bonds. The van der Waals surface area contributed by atoms with E-state index >= 15 is 0 Å². The average Bonchev–Trinajstić information content (AvgIpc) is 2.52. The van der Waals surface area contributed by atoms with Gasteiger partial charge in [-0.1, -0.05) is 86.9 Å². The predicted molar refractivity (Wildman–Crippen MR) is 94.4 cm³/mol. The fourth-order valence-corrected chi connectivity index (χ4v) is 2.57. The molecule has 0 bridgehead atoms. The average molecular weight is 278 g/mol. The van der Waals surface area contributed by atoms with Gasteiger partial charge in [-0.15, -0.1) is 0 Å². The Labute approximate surface area is 129 Å². The van der Waals surface area contributed by atoms with Crippen molar-refractivity contribution in [3.8, 4) is 11.1 Å². The second-order valence-corrected chi connectivity index (χ2v) is 5.87. The topological polar surface area (TPSA) is 0 Å². The lowest BCUT2D eigenvalue weighted by atomic mass is 9.99. The van der Waals surface area contributed by atoms with Crippen molar-refractivity contribution < 1.29 is 0 Å². The van der Waals surface area contributed by atoms with E-state index in [-0.39, 0.29) is 0 Å². The molecule has 0 heterocycles. The summed E-state index contributed by atoms with van der Waals surface area (Å²) in [4.78, 5) is 0. The molecule has 0 radical (unpaired) electrons. The van der Waals surface area contributed by atoms with Gasteiger partial charge in [-0.3, -0.25) is 0 Å². The molecule has 0 heteroatoms. The Kier molecular flexibility index (Phi) is 5.80. The minimum absolute atomic E-state index is 1.11. The number of hydrogen-bond acceptors (Lipinski definition) is 0. The van der Waals surface area contributed by atoms with Gasteiger partial charge in [0.15, 0.2) is 0 Å². The molecule has 0 aromatic heterocycles. The van der Waals surface area contributed by atoms with Gasteiger partial charge in [-0.2, -0.15) is 0 Å². The van der Waals surface area contributed by atoms with Crippen molar-refractivity contribution in [2.75, 3.05) is 0 Å². The Balaban J connectivity index is 1.99. The molecule has 0 unspecified atom stereocenters. The van der Waals surface area contributed by atoms with Gasteiger partial charge in [0.25, 0.3) is 0 Å². The summed E-state index contributed by atoms with van der Waals surface area (Å²) in [5.41, 5.74) is 6.35. The van der Waals surface area contributed by atoms with Crippen LogP contribution in [0.3, 0.4) is 0 Å². The van der Waals surface area contributed by atoms with Crippen LogP contribution in [0, 0.1) is 0 Å². The van der Waals surface area contributed by atoms with E-state index in [0.717, 1.165) is 5.57 Å². The van der Waals surface area contributed by atoms with Gasteiger partial charge >= 0.3 is 0 Å². The molecule has 0 saturated heterocycles. The smallest absolute Gasteiger partial charge is 0.0184 e. The molecule has 0 aliphatic heterocycles. The van der Waals surface area contributed by atoms with E-state index in [4.69, 9.17) is 0 Å². The normalized spacial score (nSPS) is 10.6. The SMILES string of the molecule is C=C(C)c1ccc(-c2ccc(CCCCCC)cc2)cc1. The second kappa shape index (κ2) is 7.83. The molecule has 2 aromatic carbocycles. The lowest BCUT2D eigenvalue weighted by molar-refractivity contribution is 0.667. The number of allylic oxidation sites excluding steroid dienone is 1. The fraction of sp³-hybridized carbons (Fsp3) is 0.333. The summed E-state index contributed by atoms with van der Waals surface area (Å²) >= 11 is 0. The van der Waals surface area contributed by atoms with Gasteiger partial charge in [0.2, 0.25) is 0 Å². The lowest BCUT2D eigenvalue weighted by Crippen LogP contribution is -1.86. The van der Waals surface area contributed by atoms with E-state index in [1.807, 2.05) is 6.92 Å². The van der Waals surface area contributed by atoms with E-state index in [1.54, 1.807) is 0 Å². The van der Waals surface area contributed by atoms with E-state index in [2.05, 4.69) is 62.0 Å².